The van der Waals surface area contributed by atoms with E-state index in [0.29, 0.717) is 6.42 Å². The van der Waals surface area contributed by atoms with Crippen molar-refractivity contribution in [2.75, 3.05) is 20.3 Å². The summed E-state index contributed by atoms with van der Waals surface area (Å²) in [4.78, 5) is 78.3. The fourth-order valence-electron chi connectivity index (χ4n) is 4.27. The van der Waals surface area contributed by atoms with E-state index in [1.54, 1.807) is 34.6 Å². The van der Waals surface area contributed by atoms with Crippen LogP contribution in [0.3, 0.4) is 0 Å². The van der Waals surface area contributed by atoms with Crippen LogP contribution in [-0.2, 0) is 38.2 Å². The largest absolute Gasteiger partial charge is 0.467 e. The summed E-state index contributed by atoms with van der Waals surface area (Å²) in [6.07, 6.45) is 1.30. The van der Waals surface area contributed by atoms with E-state index in [0.717, 1.165) is 0 Å². The van der Waals surface area contributed by atoms with Crippen molar-refractivity contribution in [1.82, 2.24) is 26.6 Å². The van der Waals surface area contributed by atoms with Gasteiger partial charge in [0.25, 0.3) is 0 Å². The topological polar surface area (TPSA) is 190 Å². The molecule has 0 fully saturated rings. The second kappa shape index (κ2) is 19.9. The van der Waals surface area contributed by atoms with E-state index in [9.17, 15) is 28.8 Å². The number of methoxy groups -OCH3 is 1. The van der Waals surface area contributed by atoms with Crippen molar-refractivity contribution in [3.63, 3.8) is 0 Å². The zero-order valence-corrected chi connectivity index (χ0v) is 30.3. The molecule has 14 heteroatoms. The summed E-state index contributed by atoms with van der Waals surface area (Å²) in [6, 6.07) is -4.27. The summed E-state index contributed by atoms with van der Waals surface area (Å²) < 4.78 is 15.6. The van der Waals surface area contributed by atoms with Crippen LogP contribution in [0.15, 0.2) is 12.7 Å². The van der Waals surface area contributed by atoms with Gasteiger partial charge in [-0.15, -0.1) is 6.58 Å². The van der Waals surface area contributed by atoms with Crippen LogP contribution in [0.4, 0.5) is 4.79 Å². The summed E-state index contributed by atoms with van der Waals surface area (Å²) in [7, 11) is 1.22. The van der Waals surface area contributed by atoms with Crippen molar-refractivity contribution in [1.29, 1.82) is 0 Å². The monoisotopic (exact) mass is 669 g/mol. The Morgan fingerprint density at radius 1 is 0.723 bits per heavy atom. The number of carbonyl (C=O) groups excluding carboxylic acids is 6. The highest BCUT2D eigenvalue weighted by molar-refractivity contribution is 5.97. The molecule has 0 aliphatic heterocycles. The van der Waals surface area contributed by atoms with Gasteiger partial charge >= 0.3 is 12.1 Å². The molecule has 0 aromatic heterocycles. The molecule has 0 radical (unpaired) electrons. The van der Waals surface area contributed by atoms with E-state index in [2.05, 4.69) is 33.2 Å². The summed E-state index contributed by atoms with van der Waals surface area (Å²) >= 11 is 0. The normalized spacial score (nSPS) is 14.4. The standard InChI is InChI=1S/C33H59N5O9/c1-14-15-46-18-24(26(39)34-23(17-20(4)5)29(42)45-13)35-28(41)25(21(6)7)37-30(43)33(11,12)38-27(40)22(16-19(2)3)36-31(44)47-32(8,9)10/h14,19-25H,1,15-18H2,2-13H3,(H,34,39)(H,35,41)(H,36,44)(H,37,43)(H,38,40)/t22-,23-,24-,25-/m0/s1. The van der Waals surface area contributed by atoms with Gasteiger partial charge in [-0.1, -0.05) is 47.6 Å². The number of nitrogens with one attached hydrogen (secondary N) is 5. The summed E-state index contributed by atoms with van der Waals surface area (Å²) in [5, 5.41) is 13.2. The number of rotatable bonds is 19. The molecule has 0 aliphatic carbocycles. The van der Waals surface area contributed by atoms with Gasteiger partial charge in [0.1, 0.15) is 35.3 Å². The molecule has 0 spiro atoms. The maximum Gasteiger partial charge on any atom is 0.408 e. The number of amides is 5. The lowest BCUT2D eigenvalue weighted by Gasteiger charge is -2.32. The highest BCUT2D eigenvalue weighted by Gasteiger charge is 2.37. The molecule has 5 N–H and O–H groups in total. The lowest BCUT2D eigenvalue weighted by molar-refractivity contribution is -0.146. The number of esters is 1. The van der Waals surface area contributed by atoms with Crippen LogP contribution in [0.5, 0.6) is 0 Å². The number of ether oxygens (including phenoxy) is 3. The molecule has 47 heavy (non-hydrogen) atoms. The second-order valence-electron chi connectivity index (χ2n) is 14.2. The van der Waals surface area contributed by atoms with Crippen LogP contribution in [0, 0.1) is 17.8 Å². The Balaban J connectivity index is 5.90. The van der Waals surface area contributed by atoms with Gasteiger partial charge in [-0.2, -0.15) is 0 Å². The van der Waals surface area contributed by atoms with Gasteiger partial charge in [0.2, 0.25) is 23.6 Å². The highest BCUT2D eigenvalue weighted by Crippen LogP contribution is 2.13. The van der Waals surface area contributed by atoms with Crippen LogP contribution in [0.1, 0.15) is 89.0 Å². The first-order valence-corrected chi connectivity index (χ1v) is 16.0. The van der Waals surface area contributed by atoms with Crippen molar-refractivity contribution in [3.05, 3.63) is 12.7 Å². The molecule has 0 saturated heterocycles. The maximum absolute atomic E-state index is 13.5. The van der Waals surface area contributed by atoms with Crippen LogP contribution in [-0.4, -0.2) is 91.3 Å². The Morgan fingerprint density at radius 2 is 1.26 bits per heavy atom. The smallest absolute Gasteiger partial charge is 0.408 e. The van der Waals surface area contributed by atoms with E-state index < -0.39 is 76.9 Å². The average molecular weight is 670 g/mol. The third-order valence-electron chi connectivity index (χ3n) is 6.62. The van der Waals surface area contributed by atoms with Gasteiger partial charge < -0.3 is 40.8 Å². The molecule has 0 unspecified atom stereocenters. The predicted molar refractivity (Wildman–Crippen MR) is 178 cm³/mol. The van der Waals surface area contributed by atoms with Crippen LogP contribution in [0.2, 0.25) is 0 Å². The number of hydrogen-bond acceptors (Lipinski definition) is 9. The summed E-state index contributed by atoms with van der Waals surface area (Å²) in [5.74, 6) is -3.61. The van der Waals surface area contributed by atoms with E-state index >= 15 is 0 Å². The van der Waals surface area contributed by atoms with Crippen LogP contribution in [0.25, 0.3) is 0 Å². The van der Waals surface area contributed by atoms with Gasteiger partial charge in [-0.25, -0.2) is 9.59 Å². The molecule has 0 aliphatic rings. The lowest BCUT2D eigenvalue weighted by atomic mass is 9.97. The first kappa shape index (κ1) is 43.3. The van der Waals surface area contributed by atoms with E-state index in [4.69, 9.17) is 14.2 Å². The number of alkyl carbamates (subject to hydrolysis) is 1. The van der Waals surface area contributed by atoms with Crippen molar-refractivity contribution in [2.45, 2.75) is 124 Å². The van der Waals surface area contributed by atoms with Crippen molar-refractivity contribution in [3.8, 4) is 0 Å². The molecule has 5 amide bonds. The molecule has 270 valence electrons. The minimum absolute atomic E-state index is 0.0283. The Hall–Kier alpha value is -3.68. The predicted octanol–water partition coefficient (Wildman–Crippen LogP) is 2.35. The summed E-state index contributed by atoms with van der Waals surface area (Å²) in [6.45, 7) is 22.4. The Morgan fingerprint density at radius 3 is 1.72 bits per heavy atom. The highest BCUT2D eigenvalue weighted by atomic mass is 16.6. The third kappa shape index (κ3) is 17.2. The molecular weight excluding hydrogens is 610 g/mol. The SMILES string of the molecule is C=CCOC[C@H](NC(=O)[C@@H](NC(=O)C(C)(C)NC(=O)[C@H](CC(C)C)NC(=O)OC(C)(C)C)C(C)C)C(=O)N[C@@H](CC(C)C)C(=O)OC. The van der Waals surface area contributed by atoms with Gasteiger partial charge in [0.15, 0.2) is 0 Å². The van der Waals surface area contributed by atoms with E-state index in [-0.39, 0.29) is 31.5 Å². The maximum atomic E-state index is 13.5. The average Bonchev–Trinajstić information content (AvgIpc) is 2.91. The zero-order valence-electron chi connectivity index (χ0n) is 30.3. The molecule has 4 atom stereocenters. The third-order valence-corrected chi connectivity index (χ3v) is 6.62. The summed E-state index contributed by atoms with van der Waals surface area (Å²) in [5.41, 5.74) is -2.28. The molecule has 0 rings (SSSR count). The van der Waals surface area contributed by atoms with E-state index in [1.807, 2.05) is 27.7 Å². The van der Waals surface area contributed by atoms with Crippen LogP contribution >= 0.6 is 0 Å². The van der Waals surface area contributed by atoms with Gasteiger partial charge in [0, 0.05) is 0 Å². The van der Waals surface area contributed by atoms with Gasteiger partial charge in [-0.3, -0.25) is 19.2 Å². The van der Waals surface area contributed by atoms with Gasteiger partial charge in [-0.05, 0) is 65.2 Å². The minimum atomic E-state index is -1.51. The van der Waals surface area contributed by atoms with Crippen LogP contribution < -0.4 is 26.6 Å². The fraction of sp³-hybridized carbons (Fsp3) is 0.758. The molecule has 0 heterocycles. The molecule has 0 saturated carbocycles. The Kier molecular flexibility index (Phi) is 18.3. The first-order chi connectivity index (χ1) is 21.5. The van der Waals surface area contributed by atoms with E-state index in [1.165, 1.54) is 27.0 Å². The Labute approximate surface area is 280 Å². The van der Waals surface area contributed by atoms with Crippen molar-refractivity contribution < 1.29 is 43.0 Å². The van der Waals surface area contributed by atoms with Crippen molar-refractivity contribution in [2.24, 2.45) is 17.8 Å². The first-order valence-electron chi connectivity index (χ1n) is 16.0. The minimum Gasteiger partial charge on any atom is -0.467 e. The fourth-order valence-corrected chi connectivity index (χ4v) is 4.27. The van der Waals surface area contributed by atoms with Gasteiger partial charge in [0.05, 0.1) is 20.3 Å². The molecule has 0 aromatic carbocycles. The Bertz CT molecular complexity index is 1080. The number of carbonyl (C=O) groups is 6. The quantitative estimate of drug-likeness (QED) is 0.0781. The second-order valence-corrected chi connectivity index (χ2v) is 14.2. The molecule has 0 aromatic rings. The molecule has 0 bridgehead atoms. The molecule has 14 nitrogen and oxygen atoms in total. The van der Waals surface area contributed by atoms with Crippen molar-refractivity contribution >= 4 is 35.7 Å². The number of hydrogen-bond donors (Lipinski definition) is 5. The lowest BCUT2D eigenvalue weighted by Crippen LogP contribution is -2.63. The zero-order chi connectivity index (χ0) is 36.7. The molecular formula is C33H59N5O9.